The van der Waals surface area contributed by atoms with Crippen LogP contribution in [0.25, 0.3) is 0 Å². The van der Waals surface area contributed by atoms with Gasteiger partial charge in [0, 0.05) is 4.83 Å². The van der Waals surface area contributed by atoms with Gasteiger partial charge in [0.2, 0.25) is 0 Å². The Morgan fingerprint density at radius 3 is 1.89 bits per heavy atom. The Morgan fingerprint density at radius 1 is 0.944 bits per heavy atom. The van der Waals surface area contributed by atoms with Crippen LogP contribution < -0.4 is 0 Å². The molecule has 0 saturated carbocycles. The van der Waals surface area contributed by atoms with Gasteiger partial charge in [-0.3, -0.25) is 0 Å². The van der Waals surface area contributed by atoms with Crippen molar-refractivity contribution in [3.05, 3.63) is 34.4 Å². The summed E-state index contributed by atoms with van der Waals surface area (Å²) in [7, 11) is 0. The van der Waals surface area contributed by atoms with Gasteiger partial charge in [-0.25, -0.2) is 0 Å². The zero-order valence-electron chi connectivity index (χ0n) is 12.4. The van der Waals surface area contributed by atoms with E-state index in [4.69, 9.17) is 0 Å². The minimum atomic E-state index is 0.535. The number of aryl methyl sites for hydroxylation is 3. The van der Waals surface area contributed by atoms with Gasteiger partial charge in [0.05, 0.1) is 0 Å². The van der Waals surface area contributed by atoms with Crippen LogP contribution >= 0.6 is 15.9 Å². The minimum Gasteiger partial charge on any atom is -0.0839 e. The van der Waals surface area contributed by atoms with Crippen molar-refractivity contribution in [2.45, 2.75) is 71.0 Å². The van der Waals surface area contributed by atoms with Crippen LogP contribution in [0.4, 0.5) is 0 Å². The number of hydrogen-bond donors (Lipinski definition) is 0. The van der Waals surface area contributed by atoms with Crippen molar-refractivity contribution in [2.75, 3.05) is 0 Å². The molecule has 0 fully saturated rings. The van der Waals surface area contributed by atoms with Crippen molar-refractivity contribution in [3.8, 4) is 0 Å². The number of rotatable bonds is 7. The molecule has 1 atom stereocenters. The Morgan fingerprint density at radius 2 is 1.50 bits per heavy atom. The summed E-state index contributed by atoms with van der Waals surface area (Å²) in [4.78, 5) is 0.535. The van der Waals surface area contributed by atoms with E-state index in [2.05, 4.69) is 55.8 Å². The first-order valence-electron chi connectivity index (χ1n) is 7.46. The Hall–Kier alpha value is -0.300. The number of alkyl halides is 1. The Balaban J connectivity index is 3.13. The molecule has 0 nitrogen and oxygen atoms in total. The fourth-order valence-electron chi connectivity index (χ4n) is 2.57. The first-order valence-corrected chi connectivity index (χ1v) is 8.37. The highest BCUT2D eigenvalue weighted by molar-refractivity contribution is 9.09. The molecule has 0 aliphatic heterocycles. The van der Waals surface area contributed by atoms with Gasteiger partial charge in [0.25, 0.3) is 0 Å². The molecular weight excluding hydrogens is 284 g/mol. The number of halogens is 1. The maximum absolute atomic E-state index is 3.92. The molecule has 0 aliphatic rings. The second kappa shape index (κ2) is 7.99. The Bertz CT molecular complexity index is 343. The van der Waals surface area contributed by atoms with E-state index in [9.17, 15) is 0 Å². The number of unbranched alkanes of at least 4 members (excludes halogenated alkanes) is 1. The molecule has 0 aliphatic carbocycles. The third-order valence-electron chi connectivity index (χ3n) is 3.71. The lowest BCUT2D eigenvalue weighted by molar-refractivity contribution is 0.704. The highest BCUT2D eigenvalue weighted by atomic mass is 79.9. The van der Waals surface area contributed by atoms with Crippen LogP contribution in [0, 0.1) is 0 Å². The van der Waals surface area contributed by atoms with Gasteiger partial charge in [0.15, 0.2) is 0 Å². The fraction of sp³-hybridized carbons (Fsp3) is 0.647. The normalized spacial score (nSPS) is 12.7. The first-order chi connectivity index (χ1) is 8.67. The molecule has 1 heteroatoms. The predicted molar refractivity (Wildman–Crippen MR) is 85.8 cm³/mol. The van der Waals surface area contributed by atoms with Gasteiger partial charge in [-0.15, -0.1) is 0 Å². The third-order valence-corrected chi connectivity index (χ3v) is 4.62. The summed E-state index contributed by atoms with van der Waals surface area (Å²) in [6.45, 7) is 9.06. The van der Waals surface area contributed by atoms with Crippen molar-refractivity contribution in [1.29, 1.82) is 0 Å². The summed E-state index contributed by atoms with van der Waals surface area (Å²) >= 11 is 3.92. The van der Waals surface area contributed by atoms with Crippen molar-refractivity contribution in [1.82, 2.24) is 0 Å². The van der Waals surface area contributed by atoms with E-state index >= 15 is 0 Å². The van der Waals surface area contributed by atoms with Crippen molar-refractivity contribution >= 4 is 15.9 Å². The van der Waals surface area contributed by atoms with E-state index in [1.807, 2.05) is 0 Å². The summed E-state index contributed by atoms with van der Waals surface area (Å²) < 4.78 is 0. The maximum Gasteiger partial charge on any atom is 0.0400 e. The van der Waals surface area contributed by atoms with E-state index in [1.54, 1.807) is 16.7 Å². The lowest BCUT2D eigenvalue weighted by Gasteiger charge is -2.20. The molecule has 0 saturated heterocycles. The average Bonchev–Trinajstić information content (AvgIpc) is 2.42. The quantitative estimate of drug-likeness (QED) is 0.542. The third kappa shape index (κ3) is 3.85. The van der Waals surface area contributed by atoms with Crippen LogP contribution in [0.3, 0.4) is 0 Å². The standard InChI is InChI=1S/C17H27Br/c1-5-9-10-16(18)17-14(7-3)11-13(6-2)12-15(17)8-4/h11-12,16H,5-10H2,1-4H3. The Labute approximate surface area is 121 Å². The molecule has 0 spiro atoms. The molecule has 1 aromatic rings. The molecule has 0 radical (unpaired) electrons. The molecular formula is C17H27Br. The second-order valence-corrected chi connectivity index (χ2v) is 6.10. The smallest absolute Gasteiger partial charge is 0.0400 e. The molecule has 1 unspecified atom stereocenters. The van der Waals surface area contributed by atoms with Crippen LogP contribution in [-0.2, 0) is 19.3 Å². The van der Waals surface area contributed by atoms with Gasteiger partial charge in [0.1, 0.15) is 0 Å². The summed E-state index contributed by atoms with van der Waals surface area (Å²) in [6, 6.07) is 4.82. The molecule has 0 amide bonds. The van der Waals surface area contributed by atoms with E-state index < -0.39 is 0 Å². The Kier molecular flexibility index (Phi) is 6.99. The van der Waals surface area contributed by atoms with E-state index in [0.717, 1.165) is 19.3 Å². The number of hydrogen-bond acceptors (Lipinski definition) is 0. The largest absolute Gasteiger partial charge is 0.0839 e. The van der Waals surface area contributed by atoms with Crippen LogP contribution in [-0.4, -0.2) is 0 Å². The van der Waals surface area contributed by atoms with Crippen LogP contribution in [0.15, 0.2) is 12.1 Å². The lowest BCUT2D eigenvalue weighted by atomic mass is 9.90. The lowest BCUT2D eigenvalue weighted by Crippen LogP contribution is -2.04. The van der Waals surface area contributed by atoms with Gasteiger partial charge in [-0.2, -0.15) is 0 Å². The zero-order chi connectivity index (χ0) is 13.5. The SMILES string of the molecule is CCCCC(Br)c1c(CC)cc(CC)cc1CC. The molecule has 0 aromatic heterocycles. The summed E-state index contributed by atoms with van der Waals surface area (Å²) in [6.07, 6.45) is 7.26. The summed E-state index contributed by atoms with van der Waals surface area (Å²) in [5.74, 6) is 0. The molecule has 102 valence electrons. The predicted octanol–water partition coefficient (Wildman–Crippen LogP) is 6.00. The topological polar surface area (TPSA) is 0 Å². The summed E-state index contributed by atoms with van der Waals surface area (Å²) in [5.41, 5.74) is 6.15. The molecule has 1 rings (SSSR count). The van der Waals surface area contributed by atoms with Crippen LogP contribution in [0.2, 0.25) is 0 Å². The summed E-state index contributed by atoms with van der Waals surface area (Å²) in [5, 5.41) is 0. The van der Waals surface area contributed by atoms with E-state index in [0.29, 0.717) is 4.83 Å². The van der Waals surface area contributed by atoms with Gasteiger partial charge in [-0.1, -0.05) is 68.6 Å². The highest BCUT2D eigenvalue weighted by Gasteiger charge is 2.15. The van der Waals surface area contributed by atoms with Crippen molar-refractivity contribution < 1.29 is 0 Å². The van der Waals surface area contributed by atoms with Crippen LogP contribution in [0.1, 0.15) is 74.0 Å². The molecule has 18 heavy (non-hydrogen) atoms. The number of benzene rings is 1. The molecule has 0 N–H and O–H groups in total. The van der Waals surface area contributed by atoms with Gasteiger partial charge < -0.3 is 0 Å². The van der Waals surface area contributed by atoms with E-state index in [1.165, 1.54) is 24.8 Å². The fourth-order valence-corrected chi connectivity index (χ4v) is 3.48. The molecule has 0 bridgehead atoms. The van der Waals surface area contributed by atoms with Gasteiger partial charge in [-0.05, 0) is 47.9 Å². The van der Waals surface area contributed by atoms with Crippen molar-refractivity contribution in [3.63, 3.8) is 0 Å². The monoisotopic (exact) mass is 310 g/mol. The second-order valence-electron chi connectivity index (χ2n) is 5.00. The van der Waals surface area contributed by atoms with Crippen molar-refractivity contribution in [2.24, 2.45) is 0 Å². The highest BCUT2D eigenvalue weighted by Crippen LogP contribution is 2.35. The average molecular weight is 311 g/mol. The first kappa shape index (κ1) is 15.8. The zero-order valence-corrected chi connectivity index (χ0v) is 13.9. The van der Waals surface area contributed by atoms with Gasteiger partial charge >= 0.3 is 0 Å². The maximum atomic E-state index is 3.92. The molecule has 1 aromatic carbocycles. The minimum absolute atomic E-state index is 0.535. The van der Waals surface area contributed by atoms with E-state index in [-0.39, 0.29) is 0 Å². The molecule has 0 heterocycles. The van der Waals surface area contributed by atoms with Crippen LogP contribution in [0.5, 0.6) is 0 Å².